The number of sulfonamides is 1. The smallest absolute Gasteiger partial charge is 0.337 e. The highest BCUT2D eigenvalue weighted by molar-refractivity contribution is 7.89. The summed E-state index contributed by atoms with van der Waals surface area (Å²) in [5.74, 6) is -0.888. The van der Waals surface area contributed by atoms with Crippen LogP contribution in [0.25, 0.3) is 22.0 Å². The van der Waals surface area contributed by atoms with E-state index >= 15 is 0 Å². The fourth-order valence-electron chi connectivity index (χ4n) is 3.66. The molecule has 9 heteroatoms. The minimum atomic E-state index is -3.65. The molecule has 0 amide bonds. The number of carbonyl (C=O) groups excluding carboxylic acids is 1. The van der Waals surface area contributed by atoms with Crippen molar-refractivity contribution in [1.82, 2.24) is 8.87 Å². The number of allylic oxidation sites excluding steroid dienone is 1. The van der Waals surface area contributed by atoms with Crippen LogP contribution in [0.5, 0.6) is 0 Å². The number of ether oxygens (including phenoxy) is 1. The van der Waals surface area contributed by atoms with E-state index in [1.54, 1.807) is 41.0 Å². The summed E-state index contributed by atoms with van der Waals surface area (Å²) < 4.78 is 47.5. The van der Waals surface area contributed by atoms with Gasteiger partial charge < -0.3 is 15.0 Å². The number of hydrogen-bond acceptors (Lipinski definition) is 5. The molecule has 0 unspecified atom stereocenters. The van der Waals surface area contributed by atoms with Crippen molar-refractivity contribution < 1.29 is 22.3 Å². The van der Waals surface area contributed by atoms with Crippen molar-refractivity contribution >= 4 is 26.9 Å². The molecular formula is C23H26FN3O4S. The Balaban J connectivity index is 2.31. The van der Waals surface area contributed by atoms with E-state index in [9.17, 15) is 17.6 Å². The quantitative estimate of drug-likeness (QED) is 0.546. The first-order valence-corrected chi connectivity index (χ1v) is 11.3. The molecule has 0 radical (unpaired) electrons. The zero-order valence-corrected chi connectivity index (χ0v) is 19.2. The lowest BCUT2D eigenvalue weighted by atomic mass is 10.0. The van der Waals surface area contributed by atoms with Gasteiger partial charge in [-0.3, -0.25) is 0 Å². The van der Waals surface area contributed by atoms with Gasteiger partial charge in [-0.15, -0.1) is 0 Å². The van der Waals surface area contributed by atoms with Gasteiger partial charge in [0, 0.05) is 42.8 Å². The molecule has 0 bridgehead atoms. The van der Waals surface area contributed by atoms with Crippen molar-refractivity contribution in [3.05, 3.63) is 65.6 Å². The number of nitrogens with zero attached hydrogens (tertiary/aromatic N) is 2. The van der Waals surface area contributed by atoms with Crippen LogP contribution in [-0.2, 0) is 21.3 Å². The molecule has 170 valence electrons. The monoisotopic (exact) mass is 459 g/mol. The minimum absolute atomic E-state index is 0.0349. The fourth-order valence-corrected chi connectivity index (χ4v) is 4.61. The van der Waals surface area contributed by atoms with Crippen LogP contribution in [0, 0.1) is 6.92 Å². The standard InChI is InChI=1S/C23H26FN3O4S/c1-15-22(16-6-5-7-19(12-16)32(29,30)26(2)3)20-13-17(23(28)31-4)8-9-21(20)27(15)14-18(24)10-11-25/h5-10,12-13H,11,14,25H2,1-4H3/b18-10-. The van der Waals surface area contributed by atoms with Crippen LogP contribution < -0.4 is 5.73 Å². The number of nitrogens with two attached hydrogens (primary N) is 1. The predicted molar refractivity (Wildman–Crippen MR) is 123 cm³/mol. The van der Waals surface area contributed by atoms with Crippen LogP contribution >= 0.6 is 0 Å². The molecule has 7 nitrogen and oxygen atoms in total. The van der Waals surface area contributed by atoms with Crippen molar-refractivity contribution in [2.75, 3.05) is 27.7 Å². The molecule has 1 aromatic heterocycles. The second-order valence-electron chi connectivity index (χ2n) is 7.47. The Morgan fingerprint density at radius 3 is 2.56 bits per heavy atom. The fraction of sp³-hybridized carbons (Fsp3) is 0.261. The maximum absolute atomic E-state index is 14.4. The molecule has 3 aromatic rings. The first-order valence-electron chi connectivity index (χ1n) is 9.90. The second kappa shape index (κ2) is 9.23. The molecule has 2 aromatic carbocycles. The summed E-state index contributed by atoms with van der Waals surface area (Å²) in [6.07, 6.45) is 1.30. The third kappa shape index (κ3) is 4.32. The molecule has 0 spiro atoms. The van der Waals surface area contributed by atoms with E-state index in [1.165, 1.54) is 33.3 Å². The number of esters is 1. The summed E-state index contributed by atoms with van der Waals surface area (Å²) in [4.78, 5) is 12.3. The van der Waals surface area contributed by atoms with Crippen molar-refractivity contribution in [1.29, 1.82) is 0 Å². The topological polar surface area (TPSA) is 94.6 Å². The molecule has 32 heavy (non-hydrogen) atoms. The number of methoxy groups -OCH3 is 1. The first kappa shape index (κ1) is 23.6. The largest absolute Gasteiger partial charge is 0.465 e. The highest BCUT2D eigenvalue weighted by Crippen LogP contribution is 2.37. The van der Waals surface area contributed by atoms with Gasteiger partial charge in [0.15, 0.2) is 0 Å². The molecule has 0 atom stereocenters. The second-order valence-corrected chi connectivity index (χ2v) is 9.62. The average molecular weight is 460 g/mol. The Bertz CT molecular complexity index is 1310. The summed E-state index contributed by atoms with van der Waals surface area (Å²) in [7, 11) is 0.582. The minimum Gasteiger partial charge on any atom is -0.465 e. The lowest BCUT2D eigenvalue weighted by Crippen LogP contribution is -2.22. The number of fused-ring (bicyclic) bond motifs is 1. The van der Waals surface area contributed by atoms with Gasteiger partial charge in [-0.1, -0.05) is 12.1 Å². The van der Waals surface area contributed by atoms with E-state index in [0.29, 0.717) is 27.6 Å². The van der Waals surface area contributed by atoms with Gasteiger partial charge in [-0.2, -0.15) is 0 Å². The van der Waals surface area contributed by atoms with Crippen LogP contribution in [0.2, 0.25) is 0 Å². The van der Waals surface area contributed by atoms with Gasteiger partial charge in [-0.25, -0.2) is 21.9 Å². The molecule has 0 aliphatic rings. The highest BCUT2D eigenvalue weighted by Gasteiger charge is 2.22. The maximum atomic E-state index is 14.4. The molecular weight excluding hydrogens is 433 g/mol. The Morgan fingerprint density at radius 1 is 1.22 bits per heavy atom. The van der Waals surface area contributed by atoms with E-state index in [1.807, 2.05) is 6.92 Å². The zero-order chi connectivity index (χ0) is 23.6. The summed E-state index contributed by atoms with van der Waals surface area (Å²) in [5, 5.41) is 0.686. The van der Waals surface area contributed by atoms with Gasteiger partial charge in [-0.05, 0) is 48.9 Å². The summed E-state index contributed by atoms with van der Waals surface area (Å²) in [5.41, 5.74) is 8.56. The van der Waals surface area contributed by atoms with E-state index in [-0.39, 0.29) is 23.8 Å². The van der Waals surface area contributed by atoms with Crippen LogP contribution in [0.1, 0.15) is 16.1 Å². The van der Waals surface area contributed by atoms with Crippen molar-refractivity contribution in [2.24, 2.45) is 5.73 Å². The van der Waals surface area contributed by atoms with Crippen molar-refractivity contribution in [3.63, 3.8) is 0 Å². The SMILES string of the molecule is COC(=O)c1ccc2c(c1)c(-c1cccc(S(=O)(=O)N(C)C)c1)c(C)n2C/C(F)=C/CN. The number of rotatable bonds is 7. The van der Waals surface area contributed by atoms with Crippen LogP contribution in [0.4, 0.5) is 4.39 Å². The third-order valence-corrected chi connectivity index (χ3v) is 7.11. The maximum Gasteiger partial charge on any atom is 0.337 e. The number of benzene rings is 2. The summed E-state index contributed by atoms with van der Waals surface area (Å²) in [6.45, 7) is 1.87. The highest BCUT2D eigenvalue weighted by atomic mass is 32.2. The first-order chi connectivity index (χ1) is 15.1. The molecule has 0 saturated carbocycles. The number of aromatic nitrogens is 1. The Kier molecular flexibility index (Phi) is 6.82. The predicted octanol–water partition coefficient (Wildman–Crippen LogP) is 3.47. The summed E-state index contributed by atoms with van der Waals surface area (Å²) in [6, 6.07) is 11.6. The van der Waals surface area contributed by atoms with Gasteiger partial charge in [0.2, 0.25) is 10.0 Å². The Hall–Kier alpha value is -3.01. The third-order valence-electron chi connectivity index (χ3n) is 5.29. The van der Waals surface area contributed by atoms with Gasteiger partial charge in [0.1, 0.15) is 5.83 Å². The van der Waals surface area contributed by atoms with E-state index in [2.05, 4.69) is 0 Å². The van der Waals surface area contributed by atoms with Crippen molar-refractivity contribution in [2.45, 2.75) is 18.4 Å². The average Bonchev–Trinajstić information content (AvgIpc) is 3.03. The molecule has 1 heterocycles. The van der Waals surface area contributed by atoms with E-state index in [0.717, 1.165) is 10.00 Å². The van der Waals surface area contributed by atoms with Crippen LogP contribution in [0.15, 0.2) is 59.3 Å². The van der Waals surface area contributed by atoms with Crippen LogP contribution in [0.3, 0.4) is 0 Å². The Labute approximate surface area is 186 Å². The molecule has 2 N–H and O–H groups in total. The molecule has 0 saturated heterocycles. The summed E-state index contributed by atoms with van der Waals surface area (Å²) >= 11 is 0. The van der Waals surface area contributed by atoms with E-state index < -0.39 is 16.0 Å². The van der Waals surface area contributed by atoms with Gasteiger partial charge in [0.05, 0.1) is 24.1 Å². The van der Waals surface area contributed by atoms with Crippen molar-refractivity contribution in [3.8, 4) is 11.1 Å². The number of carbonyl (C=O) groups is 1. The lowest BCUT2D eigenvalue weighted by molar-refractivity contribution is 0.0601. The number of halogens is 1. The molecule has 3 rings (SSSR count). The molecule has 0 aliphatic carbocycles. The lowest BCUT2D eigenvalue weighted by Gasteiger charge is -2.13. The molecule has 0 fully saturated rings. The molecule has 0 aliphatic heterocycles. The van der Waals surface area contributed by atoms with Crippen LogP contribution in [-0.4, -0.2) is 51.0 Å². The van der Waals surface area contributed by atoms with Gasteiger partial charge in [0.25, 0.3) is 0 Å². The number of hydrogen-bond donors (Lipinski definition) is 1. The zero-order valence-electron chi connectivity index (χ0n) is 18.4. The van der Waals surface area contributed by atoms with Gasteiger partial charge >= 0.3 is 5.97 Å². The van der Waals surface area contributed by atoms with E-state index in [4.69, 9.17) is 10.5 Å². The Morgan fingerprint density at radius 2 is 1.94 bits per heavy atom. The normalized spacial score (nSPS) is 12.5.